The van der Waals surface area contributed by atoms with Gasteiger partial charge in [0.15, 0.2) is 0 Å². The van der Waals surface area contributed by atoms with E-state index in [0.29, 0.717) is 10.6 Å². The van der Waals surface area contributed by atoms with Crippen molar-refractivity contribution in [2.24, 2.45) is 0 Å². The third-order valence-electron chi connectivity index (χ3n) is 3.00. The lowest BCUT2D eigenvalue weighted by molar-refractivity contribution is 0.587. The standard InChI is InChI=1S/C15H17NO2S/c1-4-5-15-13(3)10-11-16(15)19(17,18)14-8-6-12(2)7-9-14/h4-11H,1-3H3/b5-4+. The quantitative estimate of drug-likeness (QED) is 0.861. The molecule has 0 saturated carbocycles. The van der Waals surface area contributed by atoms with E-state index in [1.54, 1.807) is 42.6 Å². The van der Waals surface area contributed by atoms with Gasteiger partial charge in [-0.1, -0.05) is 23.8 Å². The summed E-state index contributed by atoms with van der Waals surface area (Å²) in [6.45, 7) is 5.70. The Kier molecular flexibility index (Phi) is 3.62. The topological polar surface area (TPSA) is 39.1 Å². The van der Waals surface area contributed by atoms with Crippen LogP contribution in [0.15, 0.2) is 47.5 Å². The van der Waals surface area contributed by atoms with Gasteiger partial charge >= 0.3 is 0 Å². The molecule has 2 aromatic rings. The molecule has 0 amide bonds. The Hall–Kier alpha value is -1.81. The molecule has 0 spiro atoms. The van der Waals surface area contributed by atoms with Crippen molar-refractivity contribution in [3.8, 4) is 0 Å². The third-order valence-corrected chi connectivity index (χ3v) is 4.71. The predicted molar refractivity (Wildman–Crippen MR) is 77.6 cm³/mol. The number of allylic oxidation sites excluding steroid dienone is 1. The zero-order valence-electron chi connectivity index (χ0n) is 11.3. The van der Waals surface area contributed by atoms with Crippen molar-refractivity contribution in [1.82, 2.24) is 3.97 Å². The van der Waals surface area contributed by atoms with Gasteiger partial charge in [0.1, 0.15) is 0 Å². The van der Waals surface area contributed by atoms with Crippen molar-refractivity contribution in [3.63, 3.8) is 0 Å². The van der Waals surface area contributed by atoms with E-state index in [2.05, 4.69) is 0 Å². The average Bonchev–Trinajstić information content (AvgIpc) is 2.73. The zero-order chi connectivity index (χ0) is 14.0. The van der Waals surface area contributed by atoms with Crippen LogP contribution in [0.1, 0.15) is 23.7 Å². The summed E-state index contributed by atoms with van der Waals surface area (Å²) in [6, 6.07) is 8.69. The van der Waals surface area contributed by atoms with Crippen molar-refractivity contribution >= 4 is 16.1 Å². The average molecular weight is 275 g/mol. The number of aromatic nitrogens is 1. The van der Waals surface area contributed by atoms with E-state index in [1.807, 2.05) is 26.8 Å². The zero-order valence-corrected chi connectivity index (χ0v) is 12.1. The van der Waals surface area contributed by atoms with E-state index in [-0.39, 0.29) is 0 Å². The summed E-state index contributed by atoms with van der Waals surface area (Å²) in [5.41, 5.74) is 2.67. The normalized spacial score (nSPS) is 12.2. The van der Waals surface area contributed by atoms with Gasteiger partial charge in [0.25, 0.3) is 10.0 Å². The van der Waals surface area contributed by atoms with Gasteiger partial charge < -0.3 is 0 Å². The minimum atomic E-state index is -3.52. The van der Waals surface area contributed by atoms with E-state index in [1.165, 1.54) is 3.97 Å². The summed E-state index contributed by atoms with van der Waals surface area (Å²) in [7, 11) is -3.52. The van der Waals surface area contributed by atoms with Crippen LogP contribution >= 0.6 is 0 Å². The lowest BCUT2D eigenvalue weighted by Crippen LogP contribution is -2.13. The molecule has 0 aliphatic heterocycles. The summed E-state index contributed by atoms with van der Waals surface area (Å²) < 4.78 is 26.5. The van der Waals surface area contributed by atoms with Crippen LogP contribution < -0.4 is 0 Å². The highest BCUT2D eigenvalue weighted by atomic mass is 32.2. The van der Waals surface area contributed by atoms with E-state index in [9.17, 15) is 8.42 Å². The first-order chi connectivity index (χ1) is 8.96. The minimum Gasteiger partial charge on any atom is -0.242 e. The number of nitrogens with zero attached hydrogens (tertiary/aromatic N) is 1. The molecule has 2 rings (SSSR count). The van der Waals surface area contributed by atoms with Crippen molar-refractivity contribution < 1.29 is 8.42 Å². The SMILES string of the molecule is C/C=C/c1c(C)ccn1S(=O)(=O)c1ccc(C)cc1. The van der Waals surface area contributed by atoms with E-state index < -0.39 is 10.0 Å². The molecule has 3 nitrogen and oxygen atoms in total. The fourth-order valence-electron chi connectivity index (χ4n) is 1.92. The molecule has 19 heavy (non-hydrogen) atoms. The van der Waals surface area contributed by atoms with Crippen molar-refractivity contribution in [3.05, 3.63) is 59.4 Å². The highest BCUT2D eigenvalue weighted by molar-refractivity contribution is 7.90. The lowest BCUT2D eigenvalue weighted by Gasteiger charge is -2.09. The van der Waals surface area contributed by atoms with Gasteiger partial charge in [0.05, 0.1) is 10.6 Å². The highest BCUT2D eigenvalue weighted by Gasteiger charge is 2.19. The van der Waals surface area contributed by atoms with Crippen LogP contribution in [0.2, 0.25) is 0 Å². The van der Waals surface area contributed by atoms with E-state index >= 15 is 0 Å². The monoisotopic (exact) mass is 275 g/mol. The van der Waals surface area contributed by atoms with Crippen molar-refractivity contribution in [2.45, 2.75) is 25.7 Å². The molecule has 100 valence electrons. The molecule has 0 saturated heterocycles. The molecule has 0 aliphatic rings. The lowest BCUT2D eigenvalue weighted by atomic mass is 10.2. The number of rotatable bonds is 3. The summed E-state index contributed by atoms with van der Waals surface area (Å²) >= 11 is 0. The Morgan fingerprint density at radius 3 is 2.26 bits per heavy atom. The Morgan fingerprint density at radius 2 is 1.68 bits per heavy atom. The molecule has 4 heteroatoms. The molecule has 0 atom stereocenters. The van der Waals surface area contributed by atoms with Gasteiger partial charge in [-0.05, 0) is 50.6 Å². The second-order valence-corrected chi connectivity index (χ2v) is 6.31. The molecule has 1 aromatic heterocycles. The molecule has 1 aromatic carbocycles. The van der Waals surface area contributed by atoms with Crippen LogP contribution in [0, 0.1) is 13.8 Å². The van der Waals surface area contributed by atoms with Crippen LogP contribution in [-0.2, 0) is 10.0 Å². The van der Waals surface area contributed by atoms with Gasteiger partial charge in [-0.15, -0.1) is 0 Å². The van der Waals surface area contributed by atoms with Gasteiger partial charge in [-0.3, -0.25) is 0 Å². The highest BCUT2D eigenvalue weighted by Crippen LogP contribution is 2.20. The maximum absolute atomic E-state index is 12.6. The summed E-state index contributed by atoms with van der Waals surface area (Å²) in [6.07, 6.45) is 5.24. The molecule has 0 aliphatic carbocycles. The van der Waals surface area contributed by atoms with E-state index in [4.69, 9.17) is 0 Å². The number of hydrogen-bond acceptors (Lipinski definition) is 2. The van der Waals surface area contributed by atoms with Crippen LogP contribution in [0.5, 0.6) is 0 Å². The van der Waals surface area contributed by atoms with Gasteiger partial charge in [-0.2, -0.15) is 0 Å². The molecule has 0 unspecified atom stereocenters. The molecule has 0 radical (unpaired) electrons. The molecule has 0 N–H and O–H groups in total. The van der Waals surface area contributed by atoms with Crippen LogP contribution in [-0.4, -0.2) is 12.4 Å². The first-order valence-electron chi connectivity index (χ1n) is 6.09. The third kappa shape index (κ3) is 2.49. The number of aryl methyl sites for hydroxylation is 2. The Bertz CT molecular complexity index is 707. The number of benzene rings is 1. The molecule has 1 heterocycles. The first-order valence-corrected chi connectivity index (χ1v) is 7.53. The molecule has 0 bridgehead atoms. The Morgan fingerprint density at radius 1 is 1.05 bits per heavy atom. The minimum absolute atomic E-state index is 0.305. The molecular formula is C15H17NO2S. The predicted octanol–water partition coefficient (Wildman–Crippen LogP) is 3.38. The van der Waals surface area contributed by atoms with Crippen LogP contribution in [0.3, 0.4) is 0 Å². The Labute approximate surface area is 114 Å². The first kappa shape index (κ1) is 13.6. The maximum Gasteiger partial charge on any atom is 0.268 e. The smallest absolute Gasteiger partial charge is 0.242 e. The fourth-order valence-corrected chi connectivity index (χ4v) is 3.31. The summed E-state index contributed by atoms with van der Waals surface area (Å²) in [5.74, 6) is 0. The maximum atomic E-state index is 12.6. The molecule has 0 fully saturated rings. The van der Waals surface area contributed by atoms with Crippen molar-refractivity contribution in [1.29, 1.82) is 0 Å². The van der Waals surface area contributed by atoms with Crippen LogP contribution in [0.25, 0.3) is 6.08 Å². The fraction of sp³-hybridized carbons (Fsp3) is 0.200. The summed E-state index contributed by atoms with van der Waals surface area (Å²) in [4.78, 5) is 0.305. The van der Waals surface area contributed by atoms with Gasteiger partial charge in [-0.25, -0.2) is 12.4 Å². The van der Waals surface area contributed by atoms with Crippen molar-refractivity contribution in [2.75, 3.05) is 0 Å². The van der Waals surface area contributed by atoms with Gasteiger partial charge in [0.2, 0.25) is 0 Å². The number of hydrogen-bond donors (Lipinski definition) is 0. The van der Waals surface area contributed by atoms with E-state index in [0.717, 1.165) is 11.1 Å². The van der Waals surface area contributed by atoms with Crippen LogP contribution in [0.4, 0.5) is 0 Å². The van der Waals surface area contributed by atoms with Gasteiger partial charge in [0, 0.05) is 6.20 Å². The molecular weight excluding hydrogens is 258 g/mol. The second kappa shape index (κ2) is 5.05. The Balaban J connectivity index is 2.60. The largest absolute Gasteiger partial charge is 0.268 e. The summed E-state index contributed by atoms with van der Waals surface area (Å²) in [5, 5.41) is 0. The second-order valence-electron chi connectivity index (χ2n) is 4.50.